The predicted molar refractivity (Wildman–Crippen MR) is 99.7 cm³/mol. The number of nitrogens with one attached hydrogen (secondary N) is 3. The van der Waals surface area contributed by atoms with Crippen LogP contribution in [0.15, 0.2) is 24.3 Å². The maximum Gasteiger partial charge on any atom is 0.411 e. The molecule has 1 aromatic carbocycles. The van der Waals surface area contributed by atoms with E-state index in [1.165, 1.54) is 12.8 Å². The standard InChI is InChI=1S/C19H29N3O3/c1-4-25-19(24)22-17-11-9-15(10-12-17)20-14(3)18(23)21-16-7-5-13(2)6-8-16/h9-14,16,20H,4-8H2,1-3H3,(H,21,23)(H,22,24)/t13?,14-,16?/m1/s1. The average molecular weight is 347 g/mol. The van der Waals surface area contributed by atoms with E-state index in [0.717, 1.165) is 24.4 Å². The highest BCUT2D eigenvalue weighted by atomic mass is 16.5. The lowest BCUT2D eigenvalue weighted by Gasteiger charge is -2.28. The molecule has 2 rings (SSSR count). The molecule has 0 radical (unpaired) electrons. The number of carbonyl (C=O) groups excluding carboxylic acids is 2. The van der Waals surface area contributed by atoms with Crippen LogP contribution in [-0.4, -0.2) is 30.7 Å². The Morgan fingerprint density at radius 2 is 1.72 bits per heavy atom. The first kappa shape index (κ1) is 19.1. The summed E-state index contributed by atoms with van der Waals surface area (Å²) >= 11 is 0. The van der Waals surface area contributed by atoms with Crippen molar-refractivity contribution < 1.29 is 14.3 Å². The van der Waals surface area contributed by atoms with Gasteiger partial charge in [-0.05, 0) is 69.7 Å². The van der Waals surface area contributed by atoms with Crippen LogP contribution < -0.4 is 16.0 Å². The highest BCUT2D eigenvalue weighted by Crippen LogP contribution is 2.23. The number of rotatable bonds is 6. The highest BCUT2D eigenvalue weighted by Gasteiger charge is 2.22. The average Bonchev–Trinajstić information content (AvgIpc) is 2.59. The molecule has 6 nitrogen and oxygen atoms in total. The number of ether oxygens (including phenoxy) is 1. The Morgan fingerprint density at radius 1 is 1.12 bits per heavy atom. The van der Waals surface area contributed by atoms with E-state index in [1.54, 1.807) is 19.1 Å². The largest absolute Gasteiger partial charge is 0.450 e. The van der Waals surface area contributed by atoms with Crippen LogP contribution in [0.5, 0.6) is 0 Å². The van der Waals surface area contributed by atoms with Crippen molar-refractivity contribution in [3.8, 4) is 0 Å². The van der Waals surface area contributed by atoms with Crippen LogP contribution in [0.4, 0.5) is 16.2 Å². The highest BCUT2D eigenvalue weighted by molar-refractivity contribution is 5.86. The van der Waals surface area contributed by atoms with Gasteiger partial charge in [0, 0.05) is 17.4 Å². The molecular formula is C19H29N3O3. The SMILES string of the molecule is CCOC(=O)Nc1ccc(N[C@H](C)C(=O)NC2CCC(C)CC2)cc1. The van der Waals surface area contributed by atoms with Crippen molar-refractivity contribution in [1.82, 2.24) is 5.32 Å². The first-order chi connectivity index (χ1) is 12.0. The maximum atomic E-state index is 12.3. The lowest BCUT2D eigenvalue weighted by Crippen LogP contribution is -2.44. The monoisotopic (exact) mass is 347 g/mol. The van der Waals surface area contributed by atoms with Crippen molar-refractivity contribution >= 4 is 23.4 Å². The Hall–Kier alpha value is -2.24. The molecule has 1 saturated carbocycles. The molecule has 0 saturated heterocycles. The molecule has 138 valence electrons. The first-order valence-corrected chi connectivity index (χ1v) is 9.08. The maximum absolute atomic E-state index is 12.3. The zero-order valence-corrected chi connectivity index (χ0v) is 15.3. The van der Waals surface area contributed by atoms with Crippen molar-refractivity contribution in [2.24, 2.45) is 5.92 Å². The predicted octanol–water partition coefficient (Wildman–Crippen LogP) is 3.75. The van der Waals surface area contributed by atoms with Gasteiger partial charge in [0.15, 0.2) is 0 Å². The zero-order chi connectivity index (χ0) is 18.2. The summed E-state index contributed by atoms with van der Waals surface area (Å²) in [6, 6.07) is 7.17. The van der Waals surface area contributed by atoms with E-state index in [1.807, 2.05) is 19.1 Å². The normalized spacial score (nSPS) is 21.1. The number of anilines is 2. The van der Waals surface area contributed by atoms with Crippen LogP contribution in [0.2, 0.25) is 0 Å². The van der Waals surface area contributed by atoms with Crippen LogP contribution in [0.1, 0.15) is 46.5 Å². The number of amides is 2. The molecule has 25 heavy (non-hydrogen) atoms. The van der Waals surface area contributed by atoms with Crippen molar-refractivity contribution in [3.63, 3.8) is 0 Å². The Labute approximate surface area is 149 Å². The second kappa shape index (κ2) is 9.30. The topological polar surface area (TPSA) is 79.5 Å². The fourth-order valence-electron chi connectivity index (χ4n) is 2.98. The van der Waals surface area contributed by atoms with Gasteiger partial charge in [-0.15, -0.1) is 0 Å². The van der Waals surface area contributed by atoms with Crippen LogP contribution >= 0.6 is 0 Å². The molecule has 1 atom stereocenters. The molecule has 3 N–H and O–H groups in total. The quantitative estimate of drug-likeness (QED) is 0.732. The Bertz CT molecular complexity index is 566. The molecule has 0 aliphatic heterocycles. The second-order valence-corrected chi connectivity index (χ2v) is 6.75. The van der Waals surface area contributed by atoms with E-state index in [2.05, 4.69) is 22.9 Å². The summed E-state index contributed by atoms with van der Waals surface area (Å²) in [5.41, 5.74) is 1.48. The van der Waals surface area contributed by atoms with Crippen molar-refractivity contribution in [2.75, 3.05) is 17.2 Å². The minimum Gasteiger partial charge on any atom is -0.450 e. The van der Waals surface area contributed by atoms with Crippen LogP contribution in [0, 0.1) is 5.92 Å². The summed E-state index contributed by atoms with van der Waals surface area (Å²) in [7, 11) is 0. The molecule has 1 aliphatic carbocycles. The molecule has 0 spiro atoms. The third-order valence-corrected chi connectivity index (χ3v) is 4.55. The van der Waals surface area contributed by atoms with E-state index in [9.17, 15) is 9.59 Å². The van der Waals surface area contributed by atoms with Gasteiger partial charge in [0.1, 0.15) is 6.04 Å². The van der Waals surface area contributed by atoms with Crippen molar-refractivity contribution in [3.05, 3.63) is 24.3 Å². The number of carbonyl (C=O) groups is 2. The van der Waals surface area contributed by atoms with E-state index >= 15 is 0 Å². The summed E-state index contributed by atoms with van der Waals surface area (Å²) in [6.45, 7) is 6.21. The van der Waals surface area contributed by atoms with E-state index in [4.69, 9.17) is 4.74 Å². The van der Waals surface area contributed by atoms with Gasteiger partial charge >= 0.3 is 6.09 Å². The van der Waals surface area contributed by atoms with Crippen LogP contribution in [0.3, 0.4) is 0 Å². The van der Waals surface area contributed by atoms with E-state index in [0.29, 0.717) is 18.3 Å². The van der Waals surface area contributed by atoms with Gasteiger partial charge in [-0.1, -0.05) is 6.92 Å². The van der Waals surface area contributed by atoms with Gasteiger partial charge in [-0.3, -0.25) is 10.1 Å². The summed E-state index contributed by atoms with van der Waals surface area (Å²) in [6.07, 6.45) is 4.02. The van der Waals surface area contributed by atoms with Gasteiger partial charge < -0.3 is 15.4 Å². The Kier molecular flexibility index (Phi) is 7.10. The van der Waals surface area contributed by atoms with Gasteiger partial charge in [-0.2, -0.15) is 0 Å². The summed E-state index contributed by atoms with van der Waals surface area (Å²) in [5, 5.41) is 8.96. The van der Waals surface area contributed by atoms with Crippen LogP contribution in [0.25, 0.3) is 0 Å². The summed E-state index contributed by atoms with van der Waals surface area (Å²) in [5.74, 6) is 0.790. The molecule has 1 aromatic rings. The molecule has 0 aromatic heterocycles. The molecule has 1 fully saturated rings. The van der Waals surface area contributed by atoms with Crippen molar-refractivity contribution in [2.45, 2.75) is 58.5 Å². The Morgan fingerprint density at radius 3 is 2.32 bits per heavy atom. The minimum atomic E-state index is -0.474. The zero-order valence-electron chi connectivity index (χ0n) is 15.3. The summed E-state index contributed by atoms with van der Waals surface area (Å²) in [4.78, 5) is 23.7. The first-order valence-electron chi connectivity index (χ1n) is 9.08. The number of hydrogen-bond acceptors (Lipinski definition) is 4. The molecular weight excluding hydrogens is 318 g/mol. The molecule has 0 bridgehead atoms. The van der Waals surface area contributed by atoms with Gasteiger partial charge in [0.25, 0.3) is 0 Å². The van der Waals surface area contributed by atoms with Gasteiger partial charge in [0.05, 0.1) is 6.61 Å². The third-order valence-electron chi connectivity index (χ3n) is 4.55. The number of hydrogen-bond donors (Lipinski definition) is 3. The smallest absolute Gasteiger partial charge is 0.411 e. The van der Waals surface area contributed by atoms with E-state index < -0.39 is 6.09 Å². The molecule has 1 aliphatic rings. The fourth-order valence-corrected chi connectivity index (χ4v) is 2.98. The minimum absolute atomic E-state index is 0.0216. The molecule has 6 heteroatoms. The third kappa shape index (κ3) is 6.29. The van der Waals surface area contributed by atoms with Crippen molar-refractivity contribution in [1.29, 1.82) is 0 Å². The van der Waals surface area contributed by atoms with Gasteiger partial charge in [-0.25, -0.2) is 4.79 Å². The van der Waals surface area contributed by atoms with E-state index in [-0.39, 0.29) is 11.9 Å². The summed E-state index contributed by atoms with van der Waals surface area (Å²) < 4.78 is 4.83. The Balaban J connectivity index is 1.80. The molecule has 0 heterocycles. The fraction of sp³-hybridized carbons (Fsp3) is 0.579. The molecule has 2 amide bonds. The lowest BCUT2D eigenvalue weighted by molar-refractivity contribution is -0.122. The van der Waals surface area contributed by atoms with Gasteiger partial charge in [0.2, 0.25) is 5.91 Å². The van der Waals surface area contributed by atoms with Crippen LogP contribution in [-0.2, 0) is 9.53 Å². The molecule has 0 unspecified atom stereocenters. The number of benzene rings is 1. The lowest BCUT2D eigenvalue weighted by atomic mass is 9.87. The second-order valence-electron chi connectivity index (χ2n) is 6.75.